The molecule has 2 aliphatic heterocycles. The third-order valence-corrected chi connectivity index (χ3v) is 5.18. The average molecular weight is 320 g/mol. The molecule has 2 aliphatic rings. The normalized spacial score (nSPS) is 26.7. The van der Waals surface area contributed by atoms with Crippen LogP contribution in [0.25, 0.3) is 0 Å². The van der Waals surface area contributed by atoms with Gasteiger partial charge in [0.15, 0.2) is 0 Å². The molecule has 3 rings (SSSR count). The molecule has 128 valence electrons. The standard InChI is InChI=1S/C17H28N4O2/c1-14(2)20-7-8-23-12-17(10-20)5-4-6-21(11-17)16(22)15-9-18-13-19(15)3/h9,13-14H,4-8,10-12H2,1-3H3. The summed E-state index contributed by atoms with van der Waals surface area (Å²) in [6.45, 7) is 9.62. The lowest BCUT2D eigenvalue weighted by molar-refractivity contribution is 0.00536. The highest BCUT2D eigenvalue weighted by molar-refractivity contribution is 5.92. The second-order valence-electron chi connectivity index (χ2n) is 7.34. The van der Waals surface area contributed by atoms with Crippen LogP contribution < -0.4 is 0 Å². The second-order valence-corrected chi connectivity index (χ2v) is 7.34. The van der Waals surface area contributed by atoms with Crippen LogP contribution in [0.4, 0.5) is 0 Å². The van der Waals surface area contributed by atoms with E-state index in [0.29, 0.717) is 11.7 Å². The Morgan fingerprint density at radius 1 is 1.35 bits per heavy atom. The van der Waals surface area contributed by atoms with Crippen LogP contribution in [0.5, 0.6) is 0 Å². The van der Waals surface area contributed by atoms with Crippen LogP contribution in [0.2, 0.25) is 0 Å². The van der Waals surface area contributed by atoms with Crippen molar-refractivity contribution in [2.45, 2.75) is 32.7 Å². The van der Waals surface area contributed by atoms with E-state index in [-0.39, 0.29) is 11.3 Å². The molecule has 2 saturated heterocycles. The molecule has 1 atom stereocenters. The smallest absolute Gasteiger partial charge is 0.272 e. The third-order valence-electron chi connectivity index (χ3n) is 5.18. The van der Waals surface area contributed by atoms with Crippen LogP contribution in [0, 0.1) is 5.41 Å². The number of carbonyl (C=O) groups excluding carboxylic acids is 1. The number of carbonyl (C=O) groups is 1. The van der Waals surface area contributed by atoms with E-state index in [2.05, 4.69) is 23.7 Å². The number of piperidine rings is 1. The molecule has 0 saturated carbocycles. The minimum atomic E-state index is 0.0628. The number of nitrogens with zero attached hydrogens (tertiary/aromatic N) is 4. The Balaban J connectivity index is 1.76. The zero-order chi connectivity index (χ0) is 16.4. The van der Waals surface area contributed by atoms with E-state index >= 15 is 0 Å². The van der Waals surface area contributed by atoms with Crippen LogP contribution in [0.15, 0.2) is 12.5 Å². The van der Waals surface area contributed by atoms with Gasteiger partial charge >= 0.3 is 0 Å². The lowest BCUT2D eigenvalue weighted by Gasteiger charge is -2.44. The molecular formula is C17H28N4O2. The number of amides is 1. The van der Waals surface area contributed by atoms with Gasteiger partial charge in [-0.15, -0.1) is 0 Å². The highest BCUT2D eigenvalue weighted by Gasteiger charge is 2.41. The molecular weight excluding hydrogens is 292 g/mol. The molecule has 23 heavy (non-hydrogen) atoms. The molecule has 0 aliphatic carbocycles. The first-order valence-electron chi connectivity index (χ1n) is 8.58. The number of ether oxygens (including phenoxy) is 1. The van der Waals surface area contributed by atoms with Gasteiger partial charge in [0.05, 0.1) is 25.7 Å². The van der Waals surface area contributed by atoms with Crippen LogP contribution in [0.1, 0.15) is 37.2 Å². The first-order chi connectivity index (χ1) is 11.0. The number of rotatable bonds is 2. The first-order valence-corrected chi connectivity index (χ1v) is 8.58. The van der Waals surface area contributed by atoms with E-state index in [1.807, 2.05) is 11.9 Å². The maximum Gasteiger partial charge on any atom is 0.272 e. The van der Waals surface area contributed by atoms with E-state index in [0.717, 1.165) is 52.2 Å². The lowest BCUT2D eigenvalue weighted by Crippen LogP contribution is -2.53. The third kappa shape index (κ3) is 3.43. The maximum atomic E-state index is 12.8. The zero-order valence-electron chi connectivity index (χ0n) is 14.5. The molecule has 6 nitrogen and oxygen atoms in total. The Labute approximate surface area is 138 Å². The zero-order valence-corrected chi connectivity index (χ0v) is 14.5. The summed E-state index contributed by atoms with van der Waals surface area (Å²) in [7, 11) is 1.87. The molecule has 6 heteroatoms. The van der Waals surface area contributed by atoms with E-state index < -0.39 is 0 Å². The Morgan fingerprint density at radius 3 is 2.87 bits per heavy atom. The Morgan fingerprint density at radius 2 is 2.17 bits per heavy atom. The summed E-state index contributed by atoms with van der Waals surface area (Å²) in [6.07, 6.45) is 5.51. The van der Waals surface area contributed by atoms with Crippen LogP contribution >= 0.6 is 0 Å². The topological polar surface area (TPSA) is 50.6 Å². The van der Waals surface area contributed by atoms with Crippen molar-refractivity contribution >= 4 is 5.91 Å². The maximum absolute atomic E-state index is 12.8. The Hall–Kier alpha value is -1.40. The van der Waals surface area contributed by atoms with E-state index in [1.165, 1.54) is 0 Å². The minimum Gasteiger partial charge on any atom is -0.379 e. The predicted molar refractivity (Wildman–Crippen MR) is 88.3 cm³/mol. The molecule has 0 bridgehead atoms. The predicted octanol–water partition coefficient (Wildman–Crippen LogP) is 1.38. The number of imidazole rings is 1. The van der Waals surface area contributed by atoms with Crippen molar-refractivity contribution in [1.82, 2.24) is 19.4 Å². The largest absolute Gasteiger partial charge is 0.379 e. The van der Waals surface area contributed by atoms with E-state index in [9.17, 15) is 4.79 Å². The highest BCUT2D eigenvalue weighted by atomic mass is 16.5. The molecule has 1 aromatic heterocycles. The van der Waals surface area contributed by atoms with Crippen molar-refractivity contribution in [2.24, 2.45) is 12.5 Å². The van der Waals surface area contributed by atoms with Gasteiger partial charge in [-0.3, -0.25) is 9.69 Å². The van der Waals surface area contributed by atoms with Gasteiger partial charge in [-0.05, 0) is 26.7 Å². The quantitative estimate of drug-likeness (QED) is 0.826. The summed E-state index contributed by atoms with van der Waals surface area (Å²) in [5.41, 5.74) is 0.727. The summed E-state index contributed by atoms with van der Waals surface area (Å²) in [4.78, 5) is 21.4. The monoisotopic (exact) mass is 320 g/mol. The summed E-state index contributed by atoms with van der Waals surface area (Å²) in [5, 5.41) is 0. The highest BCUT2D eigenvalue weighted by Crippen LogP contribution is 2.34. The van der Waals surface area contributed by atoms with Crippen LogP contribution in [-0.2, 0) is 11.8 Å². The van der Waals surface area contributed by atoms with Crippen molar-refractivity contribution < 1.29 is 9.53 Å². The van der Waals surface area contributed by atoms with Crippen molar-refractivity contribution in [1.29, 1.82) is 0 Å². The summed E-state index contributed by atoms with van der Waals surface area (Å²) >= 11 is 0. The molecule has 0 radical (unpaired) electrons. The number of aryl methyl sites for hydroxylation is 1. The lowest BCUT2D eigenvalue weighted by atomic mass is 9.79. The van der Waals surface area contributed by atoms with Gasteiger partial charge in [-0.25, -0.2) is 4.98 Å². The van der Waals surface area contributed by atoms with Crippen molar-refractivity contribution in [3.8, 4) is 0 Å². The molecule has 1 aromatic rings. The van der Waals surface area contributed by atoms with Gasteiger partial charge < -0.3 is 14.2 Å². The number of aromatic nitrogens is 2. The van der Waals surface area contributed by atoms with Crippen LogP contribution in [-0.4, -0.2) is 70.7 Å². The molecule has 2 fully saturated rings. The molecule has 3 heterocycles. The van der Waals surface area contributed by atoms with Gasteiger partial charge in [0, 0.05) is 44.7 Å². The van der Waals surface area contributed by atoms with Crippen molar-refractivity contribution in [3.05, 3.63) is 18.2 Å². The number of hydrogen-bond donors (Lipinski definition) is 0. The van der Waals surface area contributed by atoms with E-state index in [1.54, 1.807) is 17.1 Å². The molecule has 1 spiro atoms. The summed E-state index contributed by atoms with van der Waals surface area (Å²) < 4.78 is 7.71. The fourth-order valence-corrected chi connectivity index (χ4v) is 3.82. The number of likely N-dealkylation sites (tertiary alicyclic amines) is 1. The summed E-state index contributed by atoms with van der Waals surface area (Å²) in [6, 6.07) is 0.511. The average Bonchev–Trinajstić information content (AvgIpc) is 2.85. The fraction of sp³-hybridized carbons (Fsp3) is 0.765. The minimum absolute atomic E-state index is 0.0628. The molecule has 0 N–H and O–H groups in total. The Kier molecular flexibility index (Phi) is 4.73. The van der Waals surface area contributed by atoms with Gasteiger partial charge in [0.1, 0.15) is 5.69 Å². The van der Waals surface area contributed by atoms with Crippen molar-refractivity contribution in [2.75, 3.05) is 39.4 Å². The molecule has 1 unspecified atom stereocenters. The fourth-order valence-electron chi connectivity index (χ4n) is 3.82. The van der Waals surface area contributed by atoms with E-state index in [4.69, 9.17) is 4.74 Å². The van der Waals surface area contributed by atoms with Crippen LogP contribution in [0.3, 0.4) is 0 Å². The SMILES string of the molecule is CC(C)N1CCOCC2(CCCN(C(=O)c3cncn3C)C2)C1. The first kappa shape index (κ1) is 16.5. The van der Waals surface area contributed by atoms with Gasteiger partial charge in [0.25, 0.3) is 5.91 Å². The molecule has 0 aromatic carbocycles. The Bertz CT molecular complexity index is 557. The van der Waals surface area contributed by atoms with Gasteiger partial charge in [0.2, 0.25) is 0 Å². The van der Waals surface area contributed by atoms with Gasteiger partial charge in [-0.1, -0.05) is 0 Å². The van der Waals surface area contributed by atoms with Gasteiger partial charge in [-0.2, -0.15) is 0 Å². The van der Waals surface area contributed by atoms with Crippen molar-refractivity contribution in [3.63, 3.8) is 0 Å². The molecule has 1 amide bonds. The number of hydrogen-bond acceptors (Lipinski definition) is 4. The second kappa shape index (κ2) is 6.61. The summed E-state index contributed by atoms with van der Waals surface area (Å²) in [5.74, 6) is 0.0874.